The zero-order valence-corrected chi connectivity index (χ0v) is 14.4. The smallest absolute Gasteiger partial charge is 0.174 e. The van der Waals surface area contributed by atoms with Crippen LogP contribution in [0.15, 0.2) is 23.8 Å². The molecular weight excluding hydrogens is 314 g/mol. The molecule has 2 aromatic rings. The van der Waals surface area contributed by atoms with Crippen molar-refractivity contribution in [3.63, 3.8) is 0 Å². The molecule has 1 saturated heterocycles. The second-order valence-corrected chi connectivity index (χ2v) is 6.67. The molecule has 3 heterocycles. The van der Waals surface area contributed by atoms with Gasteiger partial charge in [-0.1, -0.05) is 0 Å². The van der Waals surface area contributed by atoms with Gasteiger partial charge in [-0.15, -0.1) is 11.3 Å². The Hall–Kier alpha value is -1.73. The summed E-state index contributed by atoms with van der Waals surface area (Å²) in [7, 11) is 0. The van der Waals surface area contributed by atoms with Crippen molar-refractivity contribution in [1.29, 1.82) is 0 Å². The third kappa shape index (κ3) is 3.53. The van der Waals surface area contributed by atoms with E-state index >= 15 is 0 Å². The van der Waals surface area contributed by atoms with Gasteiger partial charge in [0.1, 0.15) is 10.8 Å². The van der Waals surface area contributed by atoms with Gasteiger partial charge in [-0.3, -0.25) is 4.98 Å². The van der Waals surface area contributed by atoms with E-state index in [0.29, 0.717) is 0 Å². The molecule has 0 radical (unpaired) electrons. The normalized spacial score (nSPS) is 15.0. The Morgan fingerprint density at radius 3 is 2.64 bits per heavy atom. The summed E-state index contributed by atoms with van der Waals surface area (Å²) >= 11 is 7.21. The summed E-state index contributed by atoms with van der Waals surface area (Å²) < 4.78 is 0. The van der Waals surface area contributed by atoms with Crippen LogP contribution in [-0.4, -0.2) is 46.2 Å². The first kappa shape index (κ1) is 15.2. The summed E-state index contributed by atoms with van der Waals surface area (Å²) in [5, 5.41) is 5.24. The maximum absolute atomic E-state index is 5.53. The maximum Gasteiger partial charge on any atom is 0.174 e. The lowest BCUT2D eigenvalue weighted by atomic mass is 10.2. The summed E-state index contributed by atoms with van der Waals surface area (Å²) in [5.41, 5.74) is 4.06. The molecule has 1 aliphatic rings. The van der Waals surface area contributed by atoms with Crippen LogP contribution in [0.3, 0.4) is 0 Å². The summed E-state index contributed by atoms with van der Waals surface area (Å²) in [6.07, 6.45) is 1.93. The van der Waals surface area contributed by atoms with Crippen LogP contribution in [0.25, 0.3) is 0 Å². The van der Waals surface area contributed by atoms with Gasteiger partial charge in [0.2, 0.25) is 0 Å². The Morgan fingerprint density at radius 1 is 1.23 bits per heavy atom. The molecular formula is C15H19N5S2. The van der Waals surface area contributed by atoms with E-state index in [0.717, 1.165) is 42.8 Å². The van der Waals surface area contributed by atoms with E-state index in [4.69, 9.17) is 12.2 Å². The number of anilines is 2. The fraction of sp³-hybridized carbons (Fsp3) is 0.400. The predicted octanol–water partition coefficient (Wildman–Crippen LogP) is 2.67. The highest BCUT2D eigenvalue weighted by Crippen LogP contribution is 2.21. The molecule has 22 heavy (non-hydrogen) atoms. The molecule has 7 heteroatoms. The summed E-state index contributed by atoms with van der Waals surface area (Å²) in [5.74, 6) is 0.826. The van der Waals surface area contributed by atoms with Crippen molar-refractivity contribution in [2.24, 2.45) is 0 Å². The number of hydrogen-bond donors (Lipinski definition) is 1. The first-order valence-electron chi connectivity index (χ1n) is 7.26. The molecule has 5 nitrogen and oxygen atoms in total. The SMILES string of the molecule is Cc1cc(C)nc(NC(=S)N2CCN(c3cncs3)CC2)c1. The molecule has 1 N–H and O–H groups in total. The average Bonchev–Trinajstić information content (AvgIpc) is 3.00. The Bertz CT molecular complexity index is 628. The van der Waals surface area contributed by atoms with E-state index in [2.05, 4.69) is 38.1 Å². The molecule has 0 saturated carbocycles. The molecule has 0 unspecified atom stereocenters. The highest BCUT2D eigenvalue weighted by molar-refractivity contribution is 7.80. The van der Waals surface area contributed by atoms with Crippen molar-refractivity contribution in [3.05, 3.63) is 35.1 Å². The molecule has 0 amide bonds. The van der Waals surface area contributed by atoms with Gasteiger partial charge in [0.05, 0.1) is 11.7 Å². The zero-order chi connectivity index (χ0) is 15.5. The number of aromatic nitrogens is 2. The van der Waals surface area contributed by atoms with Crippen LogP contribution < -0.4 is 10.2 Å². The van der Waals surface area contributed by atoms with Gasteiger partial charge in [-0.05, 0) is 43.8 Å². The fourth-order valence-electron chi connectivity index (χ4n) is 2.59. The molecule has 116 valence electrons. The molecule has 0 bridgehead atoms. The quantitative estimate of drug-likeness (QED) is 0.853. The van der Waals surface area contributed by atoms with Gasteiger partial charge >= 0.3 is 0 Å². The highest BCUT2D eigenvalue weighted by Gasteiger charge is 2.20. The van der Waals surface area contributed by atoms with Gasteiger partial charge < -0.3 is 15.1 Å². The lowest BCUT2D eigenvalue weighted by Crippen LogP contribution is -2.49. The Labute approximate surface area is 140 Å². The van der Waals surface area contributed by atoms with Crippen LogP contribution in [0.1, 0.15) is 11.3 Å². The molecule has 1 aliphatic heterocycles. The van der Waals surface area contributed by atoms with E-state index in [-0.39, 0.29) is 0 Å². The maximum atomic E-state index is 5.53. The fourth-order valence-corrected chi connectivity index (χ4v) is 3.56. The van der Waals surface area contributed by atoms with Gasteiger partial charge in [-0.25, -0.2) is 4.98 Å². The summed E-state index contributed by atoms with van der Waals surface area (Å²) in [6, 6.07) is 4.08. The largest absolute Gasteiger partial charge is 0.359 e. The van der Waals surface area contributed by atoms with Gasteiger partial charge in [-0.2, -0.15) is 0 Å². The molecule has 2 aromatic heterocycles. The van der Waals surface area contributed by atoms with Crippen LogP contribution in [-0.2, 0) is 0 Å². The van der Waals surface area contributed by atoms with Crippen LogP contribution in [0.5, 0.6) is 0 Å². The number of aryl methyl sites for hydroxylation is 2. The van der Waals surface area contributed by atoms with Crippen molar-refractivity contribution in [2.45, 2.75) is 13.8 Å². The van der Waals surface area contributed by atoms with Gasteiger partial charge in [0, 0.05) is 31.9 Å². The van der Waals surface area contributed by atoms with Gasteiger partial charge in [0.25, 0.3) is 0 Å². The zero-order valence-electron chi connectivity index (χ0n) is 12.7. The number of pyridine rings is 1. The Morgan fingerprint density at radius 2 is 2.00 bits per heavy atom. The third-order valence-electron chi connectivity index (χ3n) is 3.63. The minimum Gasteiger partial charge on any atom is -0.359 e. The van der Waals surface area contributed by atoms with E-state index in [1.807, 2.05) is 24.7 Å². The van der Waals surface area contributed by atoms with E-state index in [1.165, 1.54) is 10.6 Å². The topological polar surface area (TPSA) is 44.3 Å². The predicted molar refractivity (Wildman–Crippen MR) is 95.8 cm³/mol. The van der Waals surface area contributed by atoms with E-state index in [9.17, 15) is 0 Å². The number of nitrogens with one attached hydrogen (secondary N) is 1. The van der Waals surface area contributed by atoms with Crippen molar-refractivity contribution >= 4 is 39.5 Å². The van der Waals surface area contributed by atoms with E-state index < -0.39 is 0 Å². The minimum atomic E-state index is 0.751. The third-order valence-corrected chi connectivity index (χ3v) is 4.82. The van der Waals surface area contributed by atoms with Crippen LogP contribution in [0, 0.1) is 13.8 Å². The van der Waals surface area contributed by atoms with Crippen LogP contribution >= 0.6 is 23.6 Å². The van der Waals surface area contributed by atoms with Crippen LogP contribution in [0.4, 0.5) is 10.8 Å². The monoisotopic (exact) mass is 333 g/mol. The number of piperazine rings is 1. The summed E-state index contributed by atoms with van der Waals surface area (Å²) in [4.78, 5) is 13.2. The highest BCUT2D eigenvalue weighted by atomic mass is 32.1. The average molecular weight is 333 g/mol. The molecule has 0 aliphatic carbocycles. The second-order valence-electron chi connectivity index (χ2n) is 5.42. The molecule has 3 rings (SSSR count). The summed E-state index contributed by atoms with van der Waals surface area (Å²) in [6.45, 7) is 7.81. The van der Waals surface area contributed by atoms with Crippen molar-refractivity contribution in [1.82, 2.24) is 14.9 Å². The Kier molecular flexibility index (Phi) is 4.54. The lowest BCUT2D eigenvalue weighted by molar-refractivity contribution is 0.391. The van der Waals surface area contributed by atoms with Gasteiger partial charge in [0.15, 0.2) is 5.11 Å². The Balaban J connectivity index is 1.58. The van der Waals surface area contributed by atoms with Crippen molar-refractivity contribution in [2.75, 3.05) is 36.4 Å². The first-order valence-corrected chi connectivity index (χ1v) is 8.55. The van der Waals surface area contributed by atoms with Crippen molar-refractivity contribution in [3.8, 4) is 0 Å². The number of rotatable bonds is 2. The molecule has 0 atom stereocenters. The number of thiazole rings is 1. The van der Waals surface area contributed by atoms with E-state index in [1.54, 1.807) is 11.3 Å². The second kappa shape index (κ2) is 6.58. The molecule has 0 aromatic carbocycles. The first-order chi connectivity index (χ1) is 10.6. The number of hydrogen-bond acceptors (Lipinski definition) is 5. The molecule has 1 fully saturated rings. The lowest BCUT2D eigenvalue weighted by Gasteiger charge is -2.36. The number of thiocarbonyl (C=S) groups is 1. The van der Waals surface area contributed by atoms with Crippen LogP contribution in [0.2, 0.25) is 0 Å². The van der Waals surface area contributed by atoms with Crippen molar-refractivity contribution < 1.29 is 0 Å². The standard InChI is InChI=1S/C15H19N5S2/c1-11-7-12(2)17-13(8-11)18-15(21)20-5-3-19(4-6-20)14-9-16-10-22-14/h7-10H,3-6H2,1-2H3,(H,17,18,21). The number of nitrogens with zero attached hydrogens (tertiary/aromatic N) is 4. The molecule has 0 spiro atoms. The minimum absolute atomic E-state index is 0.751.